The SMILES string of the molecule is CCCCn1nnnc1-c1cc(N)cc(F)c1. The maximum Gasteiger partial charge on any atom is 0.182 e. The zero-order chi connectivity index (χ0) is 12.3. The van der Waals surface area contributed by atoms with E-state index in [-0.39, 0.29) is 5.82 Å². The number of nitrogens with zero attached hydrogens (tertiary/aromatic N) is 4. The van der Waals surface area contributed by atoms with E-state index in [1.807, 2.05) is 0 Å². The normalized spacial score (nSPS) is 10.7. The molecule has 1 aromatic heterocycles. The Morgan fingerprint density at radius 2 is 2.18 bits per heavy atom. The Hall–Kier alpha value is -1.98. The number of aromatic nitrogens is 4. The van der Waals surface area contributed by atoms with Gasteiger partial charge in [0.15, 0.2) is 5.82 Å². The van der Waals surface area contributed by atoms with Crippen LogP contribution in [0, 0.1) is 5.82 Å². The molecule has 2 rings (SSSR count). The fourth-order valence-corrected chi connectivity index (χ4v) is 1.61. The van der Waals surface area contributed by atoms with E-state index in [1.54, 1.807) is 10.7 Å². The Bertz CT molecular complexity index is 488. The molecule has 0 saturated heterocycles. The summed E-state index contributed by atoms with van der Waals surface area (Å²) in [7, 11) is 0. The molecule has 0 bridgehead atoms. The highest BCUT2D eigenvalue weighted by Gasteiger charge is 2.10. The average Bonchev–Trinajstić information content (AvgIpc) is 2.73. The molecule has 0 atom stereocenters. The highest BCUT2D eigenvalue weighted by molar-refractivity contribution is 5.61. The topological polar surface area (TPSA) is 69.6 Å². The summed E-state index contributed by atoms with van der Waals surface area (Å²) < 4.78 is 14.9. The van der Waals surface area contributed by atoms with Gasteiger partial charge in [0, 0.05) is 17.8 Å². The van der Waals surface area contributed by atoms with Crippen molar-refractivity contribution in [3.05, 3.63) is 24.0 Å². The number of anilines is 1. The lowest BCUT2D eigenvalue weighted by Gasteiger charge is -2.04. The van der Waals surface area contributed by atoms with Crippen LogP contribution in [0.5, 0.6) is 0 Å². The molecule has 0 aliphatic carbocycles. The number of nitrogen functional groups attached to an aromatic ring is 1. The van der Waals surface area contributed by atoms with Gasteiger partial charge in [-0.05, 0) is 35.0 Å². The van der Waals surface area contributed by atoms with Crippen LogP contribution in [0.3, 0.4) is 0 Å². The maximum atomic E-state index is 13.2. The van der Waals surface area contributed by atoms with Gasteiger partial charge in [-0.25, -0.2) is 9.07 Å². The number of benzene rings is 1. The third-order valence-electron chi connectivity index (χ3n) is 2.43. The smallest absolute Gasteiger partial charge is 0.182 e. The molecular formula is C11H14FN5. The lowest BCUT2D eigenvalue weighted by molar-refractivity contribution is 0.557. The molecule has 0 unspecified atom stereocenters. The van der Waals surface area contributed by atoms with Crippen molar-refractivity contribution < 1.29 is 4.39 Å². The number of halogens is 1. The Morgan fingerprint density at radius 3 is 2.88 bits per heavy atom. The molecule has 0 spiro atoms. The Kier molecular flexibility index (Phi) is 3.32. The molecule has 0 aliphatic heterocycles. The summed E-state index contributed by atoms with van der Waals surface area (Å²) >= 11 is 0. The van der Waals surface area contributed by atoms with E-state index in [1.165, 1.54) is 12.1 Å². The molecule has 17 heavy (non-hydrogen) atoms. The Labute approximate surface area is 98.4 Å². The minimum Gasteiger partial charge on any atom is -0.399 e. The highest BCUT2D eigenvalue weighted by Crippen LogP contribution is 2.20. The molecule has 2 aromatic rings. The molecule has 0 amide bonds. The molecule has 0 saturated carbocycles. The second-order valence-corrected chi connectivity index (χ2v) is 3.85. The van der Waals surface area contributed by atoms with Crippen molar-refractivity contribution in [2.75, 3.05) is 5.73 Å². The van der Waals surface area contributed by atoms with Gasteiger partial charge in [0.25, 0.3) is 0 Å². The Morgan fingerprint density at radius 1 is 1.35 bits per heavy atom. The molecule has 5 nitrogen and oxygen atoms in total. The Balaban J connectivity index is 2.35. The minimum atomic E-state index is -0.384. The monoisotopic (exact) mass is 235 g/mol. The van der Waals surface area contributed by atoms with Gasteiger partial charge in [-0.3, -0.25) is 0 Å². The van der Waals surface area contributed by atoms with Gasteiger partial charge >= 0.3 is 0 Å². The zero-order valence-corrected chi connectivity index (χ0v) is 9.60. The number of hydrogen-bond acceptors (Lipinski definition) is 4. The van der Waals surface area contributed by atoms with E-state index in [9.17, 15) is 4.39 Å². The van der Waals surface area contributed by atoms with Crippen molar-refractivity contribution in [3.63, 3.8) is 0 Å². The molecule has 1 heterocycles. The van der Waals surface area contributed by atoms with E-state index in [0.717, 1.165) is 19.4 Å². The van der Waals surface area contributed by atoms with E-state index in [2.05, 4.69) is 22.4 Å². The molecule has 2 N–H and O–H groups in total. The minimum absolute atomic E-state index is 0.366. The zero-order valence-electron chi connectivity index (χ0n) is 9.60. The molecule has 0 aliphatic rings. The van der Waals surface area contributed by atoms with Crippen LogP contribution in [0.4, 0.5) is 10.1 Å². The van der Waals surface area contributed by atoms with Gasteiger partial charge in [0.05, 0.1) is 0 Å². The highest BCUT2D eigenvalue weighted by atomic mass is 19.1. The van der Waals surface area contributed by atoms with Crippen LogP contribution in [-0.4, -0.2) is 20.2 Å². The van der Waals surface area contributed by atoms with Crippen molar-refractivity contribution in [1.29, 1.82) is 0 Å². The van der Waals surface area contributed by atoms with Crippen LogP contribution in [0.2, 0.25) is 0 Å². The molecule has 6 heteroatoms. The molecular weight excluding hydrogens is 221 g/mol. The quantitative estimate of drug-likeness (QED) is 0.821. The van der Waals surface area contributed by atoms with E-state index < -0.39 is 0 Å². The molecule has 1 aromatic carbocycles. The molecule has 0 radical (unpaired) electrons. The first-order chi connectivity index (χ1) is 8.20. The van der Waals surface area contributed by atoms with Crippen LogP contribution in [0.25, 0.3) is 11.4 Å². The lowest BCUT2D eigenvalue weighted by Crippen LogP contribution is -2.03. The number of tetrazole rings is 1. The summed E-state index contributed by atoms with van der Waals surface area (Å²) in [5.41, 5.74) is 6.56. The fourth-order valence-electron chi connectivity index (χ4n) is 1.61. The summed E-state index contributed by atoms with van der Waals surface area (Å²) in [6.07, 6.45) is 2.02. The second kappa shape index (κ2) is 4.90. The number of aryl methyl sites for hydroxylation is 1. The van der Waals surface area contributed by atoms with Crippen molar-refractivity contribution in [3.8, 4) is 11.4 Å². The number of nitrogens with two attached hydrogens (primary N) is 1. The number of hydrogen-bond donors (Lipinski definition) is 1. The fraction of sp³-hybridized carbons (Fsp3) is 0.364. The van der Waals surface area contributed by atoms with Crippen molar-refractivity contribution >= 4 is 5.69 Å². The summed E-state index contributed by atoms with van der Waals surface area (Å²) in [5.74, 6) is 0.162. The van der Waals surface area contributed by atoms with E-state index in [4.69, 9.17) is 5.73 Å². The first-order valence-corrected chi connectivity index (χ1v) is 5.53. The predicted molar refractivity (Wildman–Crippen MR) is 62.5 cm³/mol. The number of unbranched alkanes of at least 4 members (excludes halogenated alkanes) is 1. The van der Waals surface area contributed by atoms with Gasteiger partial charge in [-0.1, -0.05) is 13.3 Å². The summed E-state index contributed by atoms with van der Waals surface area (Å²) in [6.45, 7) is 2.81. The third kappa shape index (κ3) is 2.58. The van der Waals surface area contributed by atoms with Gasteiger partial charge < -0.3 is 5.73 Å². The van der Waals surface area contributed by atoms with Crippen molar-refractivity contribution in [2.24, 2.45) is 0 Å². The third-order valence-corrected chi connectivity index (χ3v) is 2.43. The van der Waals surface area contributed by atoms with Crippen LogP contribution in [0.15, 0.2) is 18.2 Å². The second-order valence-electron chi connectivity index (χ2n) is 3.85. The predicted octanol–water partition coefficient (Wildman–Crippen LogP) is 1.86. The van der Waals surface area contributed by atoms with Crippen LogP contribution < -0.4 is 5.73 Å². The van der Waals surface area contributed by atoms with Crippen LogP contribution in [-0.2, 0) is 6.54 Å². The first-order valence-electron chi connectivity index (χ1n) is 5.53. The first kappa shape index (κ1) is 11.5. The summed E-state index contributed by atoms with van der Waals surface area (Å²) in [4.78, 5) is 0. The average molecular weight is 235 g/mol. The van der Waals surface area contributed by atoms with Gasteiger partial charge in [0.1, 0.15) is 5.82 Å². The van der Waals surface area contributed by atoms with E-state index in [0.29, 0.717) is 17.1 Å². The largest absolute Gasteiger partial charge is 0.399 e. The maximum absolute atomic E-state index is 13.2. The lowest BCUT2D eigenvalue weighted by atomic mass is 10.2. The summed E-state index contributed by atoms with van der Waals surface area (Å²) in [6, 6.07) is 4.31. The summed E-state index contributed by atoms with van der Waals surface area (Å²) in [5, 5.41) is 11.4. The van der Waals surface area contributed by atoms with E-state index >= 15 is 0 Å². The van der Waals surface area contributed by atoms with Gasteiger partial charge in [0.2, 0.25) is 0 Å². The van der Waals surface area contributed by atoms with Gasteiger partial charge in [-0.2, -0.15) is 0 Å². The van der Waals surface area contributed by atoms with Gasteiger partial charge in [-0.15, -0.1) is 5.10 Å². The molecule has 90 valence electrons. The standard InChI is InChI=1S/C11H14FN5/c1-2-3-4-17-11(14-15-16-17)8-5-9(12)7-10(13)6-8/h5-7H,2-4,13H2,1H3. The number of rotatable bonds is 4. The molecule has 0 fully saturated rings. The van der Waals surface area contributed by atoms with Crippen molar-refractivity contribution in [1.82, 2.24) is 20.2 Å². The van der Waals surface area contributed by atoms with Crippen molar-refractivity contribution in [2.45, 2.75) is 26.3 Å². The van der Waals surface area contributed by atoms with Crippen LogP contribution in [0.1, 0.15) is 19.8 Å². The van der Waals surface area contributed by atoms with Crippen LogP contribution >= 0.6 is 0 Å².